The van der Waals surface area contributed by atoms with Gasteiger partial charge in [0.15, 0.2) is 6.10 Å². The summed E-state index contributed by atoms with van der Waals surface area (Å²) in [5, 5.41) is 0. The third-order valence-electron chi connectivity index (χ3n) is 11.6. The molecule has 0 N–H and O–H groups in total. The summed E-state index contributed by atoms with van der Waals surface area (Å²) in [4.78, 5) is 37.8. The van der Waals surface area contributed by atoms with E-state index in [2.05, 4.69) is 34.6 Å². The first-order valence-corrected chi connectivity index (χ1v) is 24.8. The molecule has 0 spiro atoms. The molecule has 0 aliphatic carbocycles. The molecule has 6 heteroatoms. The number of ether oxygens (including phenoxy) is 3. The van der Waals surface area contributed by atoms with Gasteiger partial charge in [0.1, 0.15) is 13.2 Å². The fraction of sp³-hybridized carbons (Fsp3) is 0.940. The van der Waals surface area contributed by atoms with Crippen molar-refractivity contribution >= 4 is 17.9 Å². The molecule has 0 radical (unpaired) electrons. The first kappa shape index (κ1) is 54.4. The van der Waals surface area contributed by atoms with E-state index in [-0.39, 0.29) is 31.1 Å². The molecule has 0 amide bonds. The van der Waals surface area contributed by atoms with Crippen molar-refractivity contribution in [3.63, 3.8) is 0 Å². The number of unbranched alkanes of at least 4 members (excludes halogenated alkanes) is 28. The molecular weight excluding hydrogens is 697 g/mol. The Morgan fingerprint density at radius 3 is 1.02 bits per heavy atom. The number of rotatable bonds is 44. The van der Waals surface area contributed by atoms with Gasteiger partial charge in [-0.3, -0.25) is 14.4 Å². The molecule has 1 unspecified atom stereocenters. The van der Waals surface area contributed by atoms with Crippen molar-refractivity contribution in [3.05, 3.63) is 0 Å². The van der Waals surface area contributed by atoms with Crippen molar-refractivity contribution in [3.8, 4) is 0 Å². The Bertz CT molecular complexity index is 856. The molecule has 0 saturated carbocycles. The molecule has 332 valence electrons. The first-order valence-electron chi connectivity index (χ1n) is 24.8. The molecule has 0 aliphatic heterocycles. The van der Waals surface area contributed by atoms with Crippen LogP contribution in [-0.2, 0) is 28.6 Å². The van der Waals surface area contributed by atoms with Crippen LogP contribution in [0, 0.1) is 11.8 Å². The van der Waals surface area contributed by atoms with Crippen LogP contribution < -0.4 is 0 Å². The van der Waals surface area contributed by atoms with Gasteiger partial charge in [0.05, 0.1) is 0 Å². The van der Waals surface area contributed by atoms with Crippen molar-refractivity contribution in [2.75, 3.05) is 13.2 Å². The lowest BCUT2D eigenvalue weighted by Gasteiger charge is -2.18. The SMILES string of the molecule is CCCCCCCCCCCCCCCCCCCC(=O)O[C@H](COC(=O)CCCCCCCCCCC(C)CC)COC(=O)CCCCCCCCC(C)C. The maximum absolute atomic E-state index is 12.8. The molecule has 0 aromatic rings. The summed E-state index contributed by atoms with van der Waals surface area (Å²) in [6.07, 6.45) is 42.4. The number of esters is 3. The van der Waals surface area contributed by atoms with Gasteiger partial charge in [-0.1, -0.05) is 234 Å². The van der Waals surface area contributed by atoms with Crippen LogP contribution in [0.1, 0.15) is 272 Å². The number of carbonyl (C=O) groups is 3. The van der Waals surface area contributed by atoms with Crippen LogP contribution in [0.25, 0.3) is 0 Å². The lowest BCUT2D eigenvalue weighted by molar-refractivity contribution is -0.167. The van der Waals surface area contributed by atoms with Gasteiger partial charge in [-0.2, -0.15) is 0 Å². The van der Waals surface area contributed by atoms with Crippen LogP contribution in [-0.4, -0.2) is 37.2 Å². The van der Waals surface area contributed by atoms with E-state index < -0.39 is 6.10 Å². The summed E-state index contributed by atoms with van der Waals surface area (Å²) in [7, 11) is 0. The van der Waals surface area contributed by atoms with Crippen LogP contribution in [0.15, 0.2) is 0 Å². The lowest BCUT2D eigenvalue weighted by atomic mass is 9.99. The van der Waals surface area contributed by atoms with E-state index in [1.165, 1.54) is 161 Å². The topological polar surface area (TPSA) is 78.9 Å². The van der Waals surface area contributed by atoms with Gasteiger partial charge in [-0.15, -0.1) is 0 Å². The highest BCUT2D eigenvalue weighted by atomic mass is 16.6. The maximum atomic E-state index is 12.8. The van der Waals surface area contributed by atoms with Crippen molar-refractivity contribution < 1.29 is 28.6 Å². The highest BCUT2D eigenvalue weighted by Gasteiger charge is 2.19. The Labute approximate surface area is 348 Å². The molecule has 0 aliphatic rings. The lowest BCUT2D eigenvalue weighted by Crippen LogP contribution is -2.30. The molecule has 0 heterocycles. The monoisotopic (exact) mass is 793 g/mol. The molecule has 2 atom stereocenters. The summed E-state index contributed by atoms with van der Waals surface area (Å²) in [5.74, 6) is 0.753. The third kappa shape index (κ3) is 42.0. The predicted molar refractivity (Wildman–Crippen MR) is 238 cm³/mol. The number of carbonyl (C=O) groups excluding carboxylic acids is 3. The van der Waals surface area contributed by atoms with Crippen LogP contribution >= 0.6 is 0 Å². The van der Waals surface area contributed by atoms with Gasteiger partial charge < -0.3 is 14.2 Å². The minimum Gasteiger partial charge on any atom is -0.462 e. The largest absolute Gasteiger partial charge is 0.462 e. The standard InChI is InChI=1S/C50H96O6/c1-6-8-9-10-11-12-13-14-15-16-17-18-19-20-25-32-37-42-50(53)56-47(44-55-49(52)41-36-31-27-26-28-33-38-45(3)4)43-54-48(51)40-35-30-24-22-21-23-29-34-39-46(5)7-2/h45-47H,6-44H2,1-5H3/t46?,47-/m1/s1. The molecular formula is C50H96O6. The molecule has 0 bridgehead atoms. The summed E-state index contributed by atoms with van der Waals surface area (Å²) in [6.45, 7) is 11.3. The maximum Gasteiger partial charge on any atom is 0.306 e. The molecule has 0 saturated heterocycles. The van der Waals surface area contributed by atoms with Crippen LogP contribution in [0.5, 0.6) is 0 Å². The quantitative estimate of drug-likeness (QED) is 0.0347. The first-order chi connectivity index (χ1) is 27.3. The number of hydrogen-bond donors (Lipinski definition) is 0. The van der Waals surface area contributed by atoms with Crippen molar-refractivity contribution in [1.29, 1.82) is 0 Å². The second-order valence-corrected chi connectivity index (χ2v) is 17.8. The van der Waals surface area contributed by atoms with Gasteiger partial charge in [0.2, 0.25) is 0 Å². The zero-order valence-corrected chi connectivity index (χ0v) is 38.3. The Balaban J connectivity index is 4.28. The van der Waals surface area contributed by atoms with Gasteiger partial charge in [-0.05, 0) is 31.1 Å². The Hall–Kier alpha value is -1.59. The molecule has 0 aromatic carbocycles. The summed E-state index contributed by atoms with van der Waals surface area (Å²) >= 11 is 0. The van der Waals surface area contributed by atoms with Gasteiger partial charge in [0.25, 0.3) is 0 Å². The second kappa shape index (κ2) is 43.0. The average Bonchev–Trinajstić information content (AvgIpc) is 3.18. The van der Waals surface area contributed by atoms with E-state index in [4.69, 9.17) is 14.2 Å². The van der Waals surface area contributed by atoms with Crippen LogP contribution in [0.3, 0.4) is 0 Å². The van der Waals surface area contributed by atoms with E-state index >= 15 is 0 Å². The summed E-state index contributed by atoms with van der Waals surface area (Å²) < 4.78 is 16.7. The van der Waals surface area contributed by atoms with Gasteiger partial charge in [0, 0.05) is 19.3 Å². The van der Waals surface area contributed by atoms with E-state index in [9.17, 15) is 14.4 Å². The minimum atomic E-state index is -0.762. The molecule has 0 aromatic heterocycles. The Kier molecular flexibility index (Phi) is 41.8. The van der Waals surface area contributed by atoms with E-state index in [0.29, 0.717) is 19.3 Å². The number of hydrogen-bond acceptors (Lipinski definition) is 6. The molecule has 6 nitrogen and oxygen atoms in total. The predicted octanol–water partition coefficient (Wildman–Crippen LogP) is 15.8. The highest BCUT2D eigenvalue weighted by molar-refractivity contribution is 5.71. The van der Waals surface area contributed by atoms with Gasteiger partial charge >= 0.3 is 17.9 Å². The van der Waals surface area contributed by atoms with E-state index in [1.54, 1.807) is 0 Å². The highest BCUT2D eigenvalue weighted by Crippen LogP contribution is 2.17. The summed E-state index contributed by atoms with van der Waals surface area (Å²) in [5.41, 5.74) is 0. The zero-order valence-electron chi connectivity index (χ0n) is 38.3. The van der Waals surface area contributed by atoms with E-state index in [1.807, 2.05) is 0 Å². The second-order valence-electron chi connectivity index (χ2n) is 17.8. The van der Waals surface area contributed by atoms with Gasteiger partial charge in [-0.25, -0.2) is 0 Å². The third-order valence-corrected chi connectivity index (χ3v) is 11.6. The summed E-state index contributed by atoms with van der Waals surface area (Å²) in [6, 6.07) is 0. The molecule has 0 rings (SSSR count). The average molecular weight is 793 g/mol. The Morgan fingerprint density at radius 1 is 0.375 bits per heavy atom. The normalized spacial score (nSPS) is 12.5. The van der Waals surface area contributed by atoms with Crippen molar-refractivity contribution in [1.82, 2.24) is 0 Å². The molecule has 56 heavy (non-hydrogen) atoms. The fourth-order valence-electron chi connectivity index (χ4n) is 7.43. The molecule has 0 fully saturated rings. The van der Waals surface area contributed by atoms with Crippen LogP contribution in [0.2, 0.25) is 0 Å². The zero-order chi connectivity index (χ0) is 41.2. The van der Waals surface area contributed by atoms with Crippen molar-refractivity contribution in [2.24, 2.45) is 11.8 Å². The fourth-order valence-corrected chi connectivity index (χ4v) is 7.43. The van der Waals surface area contributed by atoms with Crippen molar-refractivity contribution in [2.45, 2.75) is 278 Å². The smallest absolute Gasteiger partial charge is 0.306 e. The van der Waals surface area contributed by atoms with Crippen LogP contribution in [0.4, 0.5) is 0 Å². The van der Waals surface area contributed by atoms with E-state index in [0.717, 1.165) is 69.6 Å². The Morgan fingerprint density at radius 2 is 0.679 bits per heavy atom. The minimum absolute atomic E-state index is 0.0655.